The minimum absolute atomic E-state index is 0.155. The van der Waals surface area contributed by atoms with E-state index in [1.54, 1.807) is 31.4 Å². The van der Waals surface area contributed by atoms with Crippen LogP contribution in [0, 0.1) is 12.8 Å². The summed E-state index contributed by atoms with van der Waals surface area (Å²) in [4.78, 5) is 12.2. The van der Waals surface area contributed by atoms with Crippen molar-refractivity contribution in [1.82, 2.24) is 14.3 Å². The van der Waals surface area contributed by atoms with Crippen molar-refractivity contribution in [3.63, 3.8) is 0 Å². The van der Waals surface area contributed by atoms with Gasteiger partial charge in [0.2, 0.25) is 21.9 Å². The van der Waals surface area contributed by atoms with E-state index in [0.29, 0.717) is 52.7 Å². The smallest absolute Gasteiger partial charge is 0.243 e. The van der Waals surface area contributed by atoms with E-state index in [-0.39, 0.29) is 6.54 Å². The number of hydrogen-bond acceptors (Lipinski definition) is 7. The molecule has 0 atom stereocenters. The van der Waals surface area contributed by atoms with Gasteiger partial charge in [0.05, 0.1) is 23.3 Å². The minimum Gasteiger partial charge on any atom is -0.497 e. The molecular formula is C27H32N4O4S. The highest BCUT2D eigenvalue weighted by atomic mass is 32.2. The largest absolute Gasteiger partial charge is 0.497 e. The molecule has 0 bridgehead atoms. The van der Waals surface area contributed by atoms with E-state index in [9.17, 15) is 8.42 Å². The number of ether oxygens (including phenoxy) is 2. The van der Waals surface area contributed by atoms with Crippen molar-refractivity contribution >= 4 is 16.0 Å². The number of aryl methyl sites for hydroxylation is 1. The second-order valence-electron chi connectivity index (χ2n) is 9.61. The highest BCUT2D eigenvalue weighted by Crippen LogP contribution is 2.35. The first-order chi connectivity index (χ1) is 17.3. The van der Waals surface area contributed by atoms with E-state index in [4.69, 9.17) is 19.4 Å². The van der Waals surface area contributed by atoms with Crippen molar-refractivity contribution in [3.8, 4) is 17.4 Å². The lowest BCUT2D eigenvalue weighted by atomic mass is 9.99. The zero-order valence-electron chi connectivity index (χ0n) is 21.0. The van der Waals surface area contributed by atoms with Crippen molar-refractivity contribution in [3.05, 3.63) is 65.4 Å². The molecule has 2 aliphatic rings. The number of fused-ring (bicyclic) bond motifs is 1. The van der Waals surface area contributed by atoms with Gasteiger partial charge in [0.1, 0.15) is 11.5 Å². The molecule has 3 heterocycles. The Morgan fingerprint density at radius 2 is 1.72 bits per heavy atom. The van der Waals surface area contributed by atoms with E-state index in [0.717, 1.165) is 37.2 Å². The van der Waals surface area contributed by atoms with Gasteiger partial charge in [-0.1, -0.05) is 25.1 Å². The van der Waals surface area contributed by atoms with Gasteiger partial charge in [-0.15, -0.1) is 0 Å². The molecule has 0 spiro atoms. The number of benzene rings is 2. The predicted molar refractivity (Wildman–Crippen MR) is 138 cm³/mol. The Morgan fingerprint density at radius 3 is 2.47 bits per heavy atom. The number of sulfonamides is 1. The maximum Gasteiger partial charge on any atom is 0.243 e. The molecule has 8 nitrogen and oxygen atoms in total. The van der Waals surface area contributed by atoms with Crippen molar-refractivity contribution in [2.24, 2.45) is 5.92 Å². The van der Waals surface area contributed by atoms with Crippen LogP contribution in [0.25, 0.3) is 0 Å². The number of rotatable bonds is 6. The summed E-state index contributed by atoms with van der Waals surface area (Å²) >= 11 is 0. The van der Waals surface area contributed by atoms with E-state index < -0.39 is 10.0 Å². The molecule has 0 saturated carbocycles. The Balaban J connectivity index is 1.51. The zero-order chi connectivity index (χ0) is 25.3. The third-order valence-electron chi connectivity index (χ3n) is 6.93. The maximum atomic E-state index is 13.5. The summed E-state index contributed by atoms with van der Waals surface area (Å²) in [6.07, 6.45) is 2.68. The Kier molecular flexibility index (Phi) is 6.85. The molecule has 2 aliphatic heterocycles. The van der Waals surface area contributed by atoms with Gasteiger partial charge in [-0.3, -0.25) is 0 Å². The van der Waals surface area contributed by atoms with E-state index in [1.807, 2.05) is 31.2 Å². The Labute approximate surface area is 212 Å². The zero-order valence-corrected chi connectivity index (χ0v) is 21.8. The lowest BCUT2D eigenvalue weighted by molar-refractivity contribution is 0.366. The summed E-state index contributed by atoms with van der Waals surface area (Å²) in [7, 11) is -2.07. The van der Waals surface area contributed by atoms with Crippen LogP contribution in [0.5, 0.6) is 17.4 Å². The summed E-state index contributed by atoms with van der Waals surface area (Å²) in [5.41, 5.74) is 2.45. The third kappa shape index (κ3) is 5.03. The average molecular weight is 509 g/mol. The Bertz CT molecular complexity index is 1350. The van der Waals surface area contributed by atoms with E-state index in [1.165, 1.54) is 4.31 Å². The fraction of sp³-hybridized carbons (Fsp3) is 0.407. The Morgan fingerprint density at radius 1 is 0.972 bits per heavy atom. The molecule has 9 heteroatoms. The van der Waals surface area contributed by atoms with Gasteiger partial charge in [-0.05, 0) is 55.5 Å². The Hall–Kier alpha value is -3.17. The van der Waals surface area contributed by atoms with Crippen molar-refractivity contribution in [1.29, 1.82) is 0 Å². The number of methoxy groups -OCH3 is 1. The van der Waals surface area contributed by atoms with Crippen LogP contribution >= 0.6 is 0 Å². The SMILES string of the molecule is COc1cccc(Oc2nc(N3CCC(C)CC3)nc3c2CN(S(=O)(=O)c2cccc(C)c2)CC3)c1. The number of nitrogens with zero attached hydrogens (tertiary/aromatic N) is 4. The number of piperidine rings is 1. The van der Waals surface area contributed by atoms with Gasteiger partial charge < -0.3 is 14.4 Å². The highest BCUT2D eigenvalue weighted by molar-refractivity contribution is 7.89. The van der Waals surface area contributed by atoms with Crippen LogP contribution in [-0.2, 0) is 23.0 Å². The summed E-state index contributed by atoms with van der Waals surface area (Å²) < 4.78 is 40.1. The molecule has 0 unspecified atom stereocenters. The molecule has 1 fully saturated rings. The molecule has 3 aromatic rings. The summed E-state index contributed by atoms with van der Waals surface area (Å²) in [6.45, 7) is 6.46. The molecule has 2 aromatic carbocycles. The second-order valence-corrected chi connectivity index (χ2v) is 11.5. The summed E-state index contributed by atoms with van der Waals surface area (Å²) in [5, 5.41) is 0. The molecule has 36 heavy (non-hydrogen) atoms. The number of aromatic nitrogens is 2. The lowest BCUT2D eigenvalue weighted by Gasteiger charge is -2.33. The van der Waals surface area contributed by atoms with Gasteiger partial charge in [0.25, 0.3) is 0 Å². The van der Waals surface area contributed by atoms with Crippen LogP contribution in [0.4, 0.5) is 5.95 Å². The predicted octanol–water partition coefficient (Wildman–Crippen LogP) is 4.57. The van der Waals surface area contributed by atoms with Crippen molar-refractivity contribution in [2.75, 3.05) is 31.6 Å². The molecule has 0 N–H and O–H groups in total. The number of hydrogen-bond donors (Lipinski definition) is 0. The molecule has 5 rings (SSSR count). The molecular weight excluding hydrogens is 476 g/mol. The van der Waals surface area contributed by atoms with Gasteiger partial charge >= 0.3 is 0 Å². The van der Waals surface area contributed by atoms with Crippen molar-refractivity contribution < 1.29 is 17.9 Å². The van der Waals surface area contributed by atoms with Crippen LogP contribution in [-0.4, -0.2) is 49.4 Å². The quantitative estimate of drug-likeness (QED) is 0.482. The fourth-order valence-corrected chi connectivity index (χ4v) is 6.20. The van der Waals surface area contributed by atoms with Gasteiger partial charge in [0.15, 0.2) is 0 Å². The standard InChI is InChI=1S/C27H32N4O4S/c1-19-10-13-30(14-11-19)27-28-25-12-15-31(36(32,33)23-9-4-6-20(2)16-23)18-24(25)26(29-27)35-22-8-5-7-21(17-22)34-3/h4-9,16-17,19H,10-15,18H2,1-3H3. The maximum absolute atomic E-state index is 13.5. The van der Waals surface area contributed by atoms with E-state index in [2.05, 4.69) is 11.8 Å². The molecule has 0 aliphatic carbocycles. The second kappa shape index (κ2) is 10.1. The fourth-order valence-electron chi connectivity index (χ4n) is 4.69. The van der Waals surface area contributed by atoms with Crippen LogP contribution in [0.1, 0.15) is 36.6 Å². The number of anilines is 1. The molecule has 1 aromatic heterocycles. The third-order valence-corrected chi connectivity index (χ3v) is 8.77. The molecule has 190 valence electrons. The molecule has 0 amide bonds. The van der Waals surface area contributed by atoms with Gasteiger partial charge in [-0.25, -0.2) is 13.4 Å². The first-order valence-electron chi connectivity index (χ1n) is 12.4. The lowest BCUT2D eigenvalue weighted by Crippen LogP contribution is -2.38. The van der Waals surface area contributed by atoms with Crippen LogP contribution in [0.3, 0.4) is 0 Å². The normalized spacial score (nSPS) is 17.0. The minimum atomic E-state index is -3.67. The molecule has 0 radical (unpaired) electrons. The van der Waals surface area contributed by atoms with Crippen molar-refractivity contribution in [2.45, 2.75) is 44.6 Å². The monoisotopic (exact) mass is 508 g/mol. The van der Waals surface area contributed by atoms with Gasteiger partial charge in [0, 0.05) is 38.7 Å². The van der Waals surface area contributed by atoms with Crippen LogP contribution in [0.15, 0.2) is 53.4 Å². The topological polar surface area (TPSA) is 84.9 Å². The first kappa shape index (κ1) is 24.5. The molecule has 1 saturated heterocycles. The van der Waals surface area contributed by atoms with Crippen LogP contribution < -0.4 is 14.4 Å². The summed E-state index contributed by atoms with van der Waals surface area (Å²) in [5.74, 6) is 2.97. The average Bonchev–Trinajstić information content (AvgIpc) is 2.89. The summed E-state index contributed by atoms with van der Waals surface area (Å²) in [6, 6.07) is 14.3. The first-order valence-corrected chi connectivity index (χ1v) is 13.8. The van der Waals surface area contributed by atoms with Crippen LogP contribution in [0.2, 0.25) is 0 Å². The van der Waals surface area contributed by atoms with E-state index >= 15 is 0 Å². The van der Waals surface area contributed by atoms with Gasteiger partial charge in [-0.2, -0.15) is 9.29 Å². The highest BCUT2D eigenvalue weighted by Gasteiger charge is 2.33.